The summed E-state index contributed by atoms with van der Waals surface area (Å²) in [5.74, 6) is -0.456. The molecular formula is C7H9NO3. The van der Waals surface area contributed by atoms with Gasteiger partial charge in [0.1, 0.15) is 12.8 Å². The molecule has 0 spiro atoms. The van der Waals surface area contributed by atoms with Crippen molar-refractivity contribution in [1.29, 1.82) is 0 Å². The third-order valence-electron chi connectivity index (χ3n) is 1.60. The third kappa shape index (κ3) is 1.46. The minimum Gasteiger partial charge on any atom is -0.358 e. The Morgan fingerprint density at radius 1 is 1.73 bits per heavy atom. The van der Waals surface area contributed by atoms with Gasteiger partial charge in [-0.3, -0.25) is 9.59 Å². The highest BCUT2D eigenvalue weighted by Crippen LogP contribution is 2.08. The van der Waals surface area contributed by atoms with Crippen molar-refractivity contribution in [3.8, 4) is 0 Å². The van der Waals surface area contributed by atoms with Crippen molar-refractivity contribution < 1.29 is 14.3 Å². The molecule has 0 aromatic heterocycles. The topological polar surface area (TPSA) is 46.6 Å². The van der Waals surface area contributed by atoms with Crippen molar-refractivity contribution in [1.82, 2.24) is 4.90 Å². The minimum absolute atomic E-state index is 0.281. The SMILES string of the molecule is C=CN1COCC1C(=O)C=O. The van der Waals surface area contributed by atoms with E-state index in [1.54, 1.807) is 4.90 Å². The Hall–Kier alpha value is -1.16. The summed E-state index contributed by atoms with van der Waals surface area (Å²) >= 11 is 0. The zero-order valence-electron chi connectivity index (χ0n) is 6.03. The molecule has 1 heterocycles. The summed E-state index contributed by atoms with van der Waals surface area (Å²) in [6, 6.07) is -0.454. The van der Waals surface area contributed by atoms with Crippen LogP contribution in [0.3, 0.4) is 0 Å². The van der Waals surface area contributed by atoms with E-state index in [2.05, 4.69) is 6.58 Å². The number of Topliss-reactive ketones (excluding diaryl/α,β-unsaturated/α-hetero) is 1. The maximum absolute atomic E-state index is 10.8. The summed E-state index contributed by atoms with van der Waals surface area (Å²) in [5, 5.41) is 0. The second-order valence-corrected chi connectivity index (χ2v) is 2.23. The van der Waals surface area contributed by atoms with E-state index in [1.807, 2.05) is 0 Å². The van der Waals surface area contributed by atoms with E-state index in [1.165, 1.54) is 6.20 Å². The third-order valence-corrected chi connectivity index (χ3v) is 1.60. The first-order valence-electron chi connectivity index (χ1n) is 3.24. The maximum Gasteiger partial charge on any atom is 0.219 e. The van der Waals surface area contributed by atoms with E-state index in [4.69, 9.17) is 4.74 Å². The standard InChI is InChI=1S/C7H9NO3/c1-2-8-5-11-4-6(8)7(10)3-9/h2-3,6H,1,4-5H2. The molecule has 60 valence electrons. The van der Waals surface area contributed by atoms with Crippen molar-refractivity contribution in [3.63, 3.8) is 0 Å². The normalized spacial score (nSPS) is 23.3. The zero-order chi connectivity index (χ0) is 8.27. The molecule has 0 saturated carbocycles. The zero-order valence-corrected chi connectivity index (χ0v) is 6.03. The highest BCUT2D eigenvalue weighted by Gasteiger charge is 2.28. The Morgan fingerprint density at radius 3 is 3.00 bits per heavy atom. The van der Waals surface area contributed by atoms with Crippen LogP contribution in [0.15, 0.2) is 12.8 Å². The predicted molar refractivity (Wildman–Crippen MR) is 37.7 cm³/mol. The molecule has 0 aromatic rings. The molecule has 1 unspecified atom stereocenters. The molecular weight excluding hydrogens is 146 g/mol. The number of carbonyl (C=O) groups is 2. The summed E-state index contributed by atoms with van der Waals surface area (Å²) in [6.45, 7) is 4.11. The van der Waals surface area contributed by atoms with E-state index in [9.17, 15) is 9.59 Å². The second kappa shape index (κ2) is 3.30. The molecule has 0 aromatic carbocycles. The average molecular weight is 155 g/mol. The van der Waals surface area contributed by atoms with Crippen LogP contribution in [0, 0.1) is 0 Å². The maximum atomic E-state index is 10.8. The van der Waals surface area contributed by atoms with E-state index >= 15 is 0 Å². The van der Waals surface area contributed by atoms with E-state index in [0.29, 0.717) is 13.0 Å². The van der Waals surface area contributed by atoms with Gasteiger partial charge in [0.05, 0.1) is 6.61 Å². The molecule has 0 N–H and O–H groups in total. The molecule has 1 aliphatic rings. The van der Waals surface area contributed by atoms with Crippen LogP contribution in [0.1, 0.15) is 0 Å². The molecule has 1 fully saturated rings. The van der Waals surface area contributed by atoms with Crippen LogP contribution in [0.5, 0.6) is 0 Å². The number of hydrogen-bond acceptors (Lipinski definition) is 4. The van der Waals surface area contributed by atoms with Gasteiger partial charge in [0, 0.05) is 0 Å². The molecule has 1 aliphatic heterocycles. The molecule has 0 aliphatic carbocycles. The highest BCUT2D eigenvalue weighted by atomic mass is 16.5. The Balaban J connectivity index is 2.62. The lowest BCUT2D eigenvalue weighted by Crippen LogP contribution is -2.34. The van der Waals surface area contributed by atoms with Gasteiger partial charge >= 0.3 is 0 Å². The van der Waals surface area contributed by atoms with Crippen LogP contribution < -0.4 is 0 Å². The van der Waals surface area contributed by atoms with E-state index < -0.39 is 11.8 Å². The van der Waals surface area contributed by atoms with Crippen LogP contribution in [0.2, 0.25) is 0 Å². The number of ether oxygens (including phenoxy) is 1. The Kier molecular flexibility index (Phi) is 2.38. The van der Waals surface area contributed by atoms with Gasteiger partial charge in [0.25, 0.3) is 0 Å². The fourth-order valence-electron chi connectivity index (χ4n) is 0.960. The van der Waals surface area contributed by atoms with Crippen molar-refractivity contribution >= 4 is 12.1 Å². The fourth-order valence-corrected chi connectivity index (χ4v) is 0.960. The first kappa shape index (κ1) is 7.94. The average Bonchev–Trinajstić information content (AvgIpc) is 2.50. The van der Waals surface area contributed by atoms with E-state index in [-0.39, 0.29) is 6.61 Å². The fraction of sp³-hybridized carbons (Fsp3) is 0.429. The van der Waals surface area contributed by atoms with Crippen LogP contribution in [-0.2, 0) is 14.3 Å². The number of rotatable bonds is 3. The summed E-state index contributed by atoms with van der Waals surface area (Å²) in [6.07, 6.45) is 1.81. The van der Waals surface area contributed by atoms with Crippen LogP contribution in [0.4, 0.5) is 0 Å². The van der Waals surface area contributed by atoms with Crippen LogP contribution >= 0.6 is 0 Å². The lowest BCUT2D eigenvalue weighted by Gasteiger charge is -2.15. The van der Waals surface area contributed by atoms with Gasteiger partial charge in [0.2, 0.25) is 5.78 Å². The van der Waals surface area contributed by atoms with Gasteiger partial charge in [0.15, 0.2) is 6.29 Å². The van der Waals surface area contributed by atoms with Crippen molar-refractivity contribution in [2.45, 2.75) is 6.04 Å². The van der Waals surface area contributed by atoms with Gasteiger partial charge < -0.3 is 9.64 Å². The van der Waals surface area contributed by atoms with Gasteiger partial charge in [-0.15, -0.1) is 0 Å². The van der Waals surface area contributed by atoms with Crippen molar-refractivity contribution in [2.75, 3.05) is 13.3 Å². The first-order chi connectivity index (χ1) is 5.29. The number of nitrogens with zero attached hydrogens (tertiary/aromatic N) is 1. The number of ketones is 1. The summed E-state index contributed by atoms with van der Waals surface area (Å²) in [7, 11) is 0. The van der Waals surface area contributed by atoms with E-state index in [0.717, 1.165) is 0 Å². The van der Waals surface area contributed by atoms with Crippen molar-refractivity contribution in [3.05, 3.63) is 12.8 Å². The molecule has 4 heteroatoms. The predicted octanol–water partition coefficient (Wildman–Crippen LogP) is -0.444. The molecule has 1 saturated heterocycles. The molecule has 0 amide bonds. The van der Waals surface area contributed by atoms with Gasteiger partial charge in [-0.1, -0.05) is 6.58 Å². The van der Waals surface area contributed by atoms with Crippen LogP contribution in [-0.4, -0.2) is 36.3 Å². The number of hydrogen-bond donors (Lipinski definition) is 0. The second-order valence-electron chi connectivity index (χ2n) is 2.23. The molecule has 1 atom stereocenters. The summed E-state index contributed by atoms with van der Waals surface area (Å²) in [4.78, 5) is 22.5. The Labute approximate surface area is 64.4 Å². The Morgan fingerprint density at radius 2 is 2.45 bits per heavy atom. The minimum atomic E-state index is -0.456. The van der Waals surface area contributed by atoms with Crippen LogP contribution in [0.25, 0.3) is 0 Å². The lowest BCUT2D eigenvalue weighted by molar-refractivity contribution is -0.132. The monoisotopic (exact) mass is 155 g/mol. The van der Waals surface area contributed by atoms with Gasteiger partial charge in [-0.2, -0.15) is 0 Å². The number of aldehydes is 1. The largest absolute Gasteiger partial charge is 0.358 e. The molecule has 11 heavy (non-hydrogen) atoms. The number of carbonyl (C=O) groups excluding carboxylic acids is 2. The van der Waals surface area contributed by atoms with Crippen molar-refractivity contribution in [2.24, 2.45) is 0 Å². The van der Waals surface area contributed by atoms with Gasteiger partial charge in [-0.25, -0.2) is 0 Å². The highest BCUT2D eigenvalue weighted by molar-refractivity contribution is 6.27. The molecule has 1 rings (SSSR count). The molecule has 0 bridgehead atoms. The lowest BCUT2D eigenvalue weighted by atomic mass is 10.2. The summed E-state index contributed by atoms with van der Waals surface area (Å²) < 4.78 is 4.96. The van der Waals surface area contributed by atoms with Gasteiger partial charge in [-0.05, 0) is 6.20 Å². The molecule has 4 nitrogen and oxygen atoms in total. The quantitative estimate of drug-likeness (QED) is 0.409. The summed E-state index contributed by atoms with van der Waals surface area (Å²) in [5.41, 5.74) is 0. The Bertz CT molecular complexity index is 190. The molecule has 0 radical (unpaired) electrons. The smallest absolute Gasteiger partial charge is 0.219 e. The first-order valence-corrected chi connectivity index (χ1v) is 3.24.